The summed E-state index contributed by atoms with van der Waals surface area (Å²) in [5.74, 6) is -0.0985. The van der Waals surface area contributed by atoms with E-state index in [1.165, 1.54) is 31.3 Å². The van der Waals surface area contributed by atoms with Crippen LogP contribution in [0.1, 0.15) is 85.5 Å². The Labute approximate surface area is 188 Å². The molecule has 0 aromatic heterocycles. The van der Waals surface area contributed by atoms with Gasteiger partial charge in [0.25, 0.3) is 0 Å². The van der Waals surface area contributed by atoms with Gasteiger partial charge in [0.15, 0.2) is 5.79 Å². The maximum atomic E-state index is 10.3. The number of hydrogen-bond donors (Lipinski definition) is 4. The molecule has 6 atom stereocenters. The molecule has 0 bridgehead atoms. The third kappa shape index (κ3) is 5.19. The first kappa shape index (κ1) is 24.7. The molecule has 0 heterocycles. The third-order valence-electron chi connectivity index (χ3n) is 8.88. The Bertz CT molecular complexity index is 719. The van der Waals surface area contributed by atoms with Crippen LogP contribution in [-0.2, 0) is 0 Å². The van der Waals surface area contributed by atoms with Crippen LogP contribution in [0.5, 0.6) is 0 Å². The molecule has 31 heavy (non-hydrogen) atoms. The molecule has 0 aliphatic heterocycles. The molecule has 3 aliphatic carbocycles. The Hall–Kier alpha value is -0.940. The fourth-order valence-corrected chi connectivity index (χ4v) is 6.61. The number of fused-ring (bicyclic) bond motifs is 1. The largest absolute Gasteiger partial charge is 0.393 e. The zero-order valence-corrected chi connectivity index (χ0v) is 20.0. The summed E-state index contributed by atoms with van der Waals surface area (Å²) in [4.78, 5) is 0. The van der Waals surface area contributed by atoms with Gasteiger partial charge in [-0.3, -0.25) is 0 Å². The van der Waals surface area contributed by atoms with Crippen molar-refractivity contribution < 1.29 is 20.4 Å². The minimum atomic E-state index is -1.57. The zero-order chi connectivity index (χ0) is 23.0. The molecule has 176 valence electrons. The highest BCUT2D eigenvalue weighted by Gasteiger charge is 2.50. The van der Waals surface area contributed by atoms with Gasteiger partial charge in [0, 0.05) is 18.8 Å². The predicted molar refractivity (Wildman–Crippen MR) is 125 cm³/mol. The third-order valence-corrected chi connectivity index (χ3v) is 8.88. The van der Waals surface area contributed by atoms with E-state index in [9.17, 15) is 20.4 Å². The molecule has 3 rings (SSSR count). The second-order valence-electron chi connectivity index (χ2n) is 11.2. The normalized spacial score (nSPS) is 38.2. The van der Waals surface area contributed by atoms with Crippen LogP contribution in [0.4, 0.5) is 0 Å². The maximum absolute atomic E-state index is 10.3. The first-order valence-electron chi connectivity index (χ1n) is 12.4. The quantitative estimate of drug-likeness (QED) is 0.451. The van der Waals surface area contributed by atoms with Gasteiger partial charge in [0.1, 0.15) is 0 Å². The first-order chi connectivity index (χ1) is 14.5. The van der Waals surface area contributed by atoms with Gasteiger partial charge in [-0.15, -0.1) is 0 Å². The van der Waals surface area contributed by atoms with E-state index < -0.39 is 18.0 Å². The Balaban J connectivity index is 1.73. The van der Waals surface area contributed by atoms with Gasteiger partial charge >= 0.3 is 0 Å². The van der Waals surface area contributed by atoms with Crippen molar-refractivity contribution in [3.63, 3.8) is 0 Å². The van der Waals surface area contributed by atoms with E-state index in [1.807, 2.05) is 13.8 Å². The lowest BCUT2D eigenvalue weighted by Gasteiger charge is -2.44. The van der Waals surface area contributed by atoms with Crippen molar-refractivity contribution in [3.8, 4) is 0 Å². The summed E-state index contributed by atoms with van der Waals surface area (Å²) in [6.07, 6.45) is 11.4. The van der Waals surface area contributed by atoms with E-state index in [0.717, 1.165) is 24.0 Å². The van der Waals surface area contributed by atoms with Crippen molar-refractivity contribution in [2.75, 3.05) is 0 Å². The van der Waals surface area contributed by atoms with E-state index in [0.29, 0.717) is 37.0 Å². The molecule has 0 amide bonds. The number of aliphatic hydroxyl groups excluding tert-OH is 2. The molecule has 0 saturated heterocycles. The zero-order valence-electron chi connectivity index (χ0n) is 20.0. The van der Waals surface area contributed by atoms with Gasteiger partial charge in [-0.25, -0.2) is 0 Å². The topological polar surface area (TPSA) is 80.9 Å². The molecule has 3 fully saturated rings. The van der Waals surface area contributed by atoms with Crippen LogP contribution in [-0.4, -0.2) is 38.4 Å². The summed E-state index contributed by atoms with van der Waals surface area (Å²) < 4.78 is 0. The van der Waals surface area contributed by atoms with E-state index >= 15 is 0 Å². The molecule has 1 unspecified atom stereocenters. The lowest BCUT2D eigenvalue weighted by Crippen LogP contribution is -2.38. The molecule has 4 heteroatoms. The highest BCUT2D eigenvalue weighted by molar-refractivity contribution is 5.38. The van der Waals surface area contributed by atoms with Gasteiger partial charge in [-0.2, -0.15) is 0 Å². The van der Waals surface area contributed by atoms with Gasteiger partial charge < -0.3 is 20.4 Å². The predicted octanol–water partition coefficient (Wildman–Crippen LogP) is 4.88. The average molecular weight is 433 g/mol. The van der Waals surface area contributed by atoms with E-state index in [2.05, 4.69) is 32.6 Å². The standard InChI is InChI=1S/C27H44O4/c1-17(2)27(30,31)14-12-18(3)23-10-11-24-20(7-6-13-26(23,24)5)8-9-21-15-22(28)16-25(29)19(21)4/h8-9,17-18,22-25,28-31H,4,6-7,10-16H2,1-3,5H3/b20-8?,21-9-/t18-,22-,23-,24?,25-,26-/m1/s1. The summed E-state index contributed by atoms with van der Waals surface area (Å²) in [5, 5.41) is 40.7. The number of hydrogen-bond acceptors (Lipinski definition) is 4. The number of aliphatic hydroxyl groups is 4. The van der Waals surface area contributed by atoms with Crippen molar-refractivity contribution in [1.82, 2.24) is 0 Å². The molecular weight excluding hydrogens is 388 g/mol. The molecular formula is C27H44O4. The first-order valence-corrected chi connectivity index (χ1v) is 12.4. The summed E-state index contributed by atoms with van der Waals surface area (Å²) in [5.41, 5.74) is 3.49. The van der Waals surface area contributed by atoms with Crippen molar-refractivity contribution in [1.29, 1.82) is 0 Å². The molecule has 4 nitrogen and oxygen atoms in total. The van der Waals surface area contributed by atoms with Crippen LogP contribution in [0.2, 0.25) is 0 Å². The average Bonchev–Trinajstić information content (AvgIpc) is 3.05. The molecule has 0 radical (unpaired) electrons. The fourth-order valence-electron chi connectivity index (χ4n) is 6.61. The van der Waals surface area contributed by atoms with Crippen LogP contribution in [0, 0.1) is 29.1 Å². The van der Waals surface area contributed by atoms with Gasteiger partial charge in [-0.1, -0.05) is 52.0 Å². The van der Waals surface area contributed by atoms with Crippen molar-refractivity contribution >= 4 is 0 Å². The van der Waals surface area contributed by atoms with Gasteiger partial charge in [0.05, 0.1) is 12.2 Å². The lowest BCUT2D eigenvalue weighted by molar-refractivity contribution is -0.199. The van der Waals surface area contributed by atoms with Crippen LogP contribution in [0.25, 0.3) is 0 Å². The fraction of sp³-hybridized carbons (Fsp3) is 0.778. The molecule has 0 spiro atoms. The van der Waals surface area contributed by atoms with Crippen molar-refractivity contribution in [2.45, 2.75) is 103 Å². The summed E-state index contributed by atoms with van der Waals surface area (Å²) in [7, 11) is 0. The molecule has 4 N–H and O–H groups in total. The summed E-state index contributed by atoms with van der Waals surface area (Å²) >= 11 is 0. The van der Waals surface area contributed by atoms with Crippen LogP contribution < -0.4 is 0 Å². The SMILES string of the molecule is C=C1/C(=C\C=C2CCC[C@@]3(C)C2CC[C@@H]3[C@H](C)CCC(O)(O)C(C)C)C[C@@H](O)C[C@H]1O. The summed E-state index contributed by atoms with van der Waals surface area (Å²) in [6, 6.07) is 0. The van der Waals surface area contributed by atoms with Crippen molar-refractivity contribution in [2.24, 2.45) is 29.1 Å². The highest BCUT2D eigenvalue weighted by Crippen LogP contribution is 2.60. The van der Waals surface area contributed by atoms with E-state index in [1.54, 1.807) is 0 Å². The monoisotopic (exact) mass is 432 g/mol. The van der Waals surface area contributed by atoms with Gasteiger partial charge in [0.2, 0.25) is 0 Å². The van der Waals surface area contributed by atoms with Crippen LogP contribution in [0.15, 0.2) is 35.5 Å². The molecule has 3 aliphatic rings. The lowest BCUT2D eigenvalue weighted by atomic mass is 9.60. The molecule has 0 aromatic carbocycles. The second-order valence-corrected chi connectivity index (χ2v) is 11.2. The Morgan fingerprint density at radius 2 is 1.87 bits per heavy atom. The summed E-state index contributed by atoms with van der Waals surface area (Å²) in [6.45, 7) is 12.5. The Kier molecular flexibility index (Phi) is 7.57. The number of rotatable bonds is 6. The van der Waals surface area contributed by atoms with E-state index in [-0.39, 0.29) is 11.3 Å². The van der Waals surface area contributed by atoms with Gasteiger partial charge in [-0.05, 0) is 79.3 Å². The Morgan fingerprint density at radius 3 is 2.55 bits per heavy atom. The minimum Gasteiger partial charge on any atom is -0.393 e. The second kappa shape index (κ2) is 9.51. The molecule has 0 aromatic rings. The van der Waals surface area contributed by atoms with E-state index in [4.69, 9.17) is 0 Å². The van der Waals surface area contributed by atoms with Crippen LogP contribution in [0.3, 0.4) is 0 Å². The number of allylic oxidation sites excluding steroid dienone is 3. The van der Waals surface area contributed by atoms with Crippen molar-refractivity contribution in [3.05, 3.63) is 35.5 Å². The minimum absolute atomic E-state index is 0.157. The Morgan fingerprint density at radius 1 is 1.16 bits per heavy atom. The smallest absolute Gasteiger partial charge is 0.164 e. The van der Waals surface area contributed by atoms with Crippen LogP contribution >= 0.6 is 0 Å². The highest BCUT2D eigenvalue weighted by atomic mass is 16.5. The maximum Gasteiger partial charge on any atom is 0.164 e. The molecule has 3 saturated carbocycles.